The summed E-state index contributed by atoms with van der Waals surface area (Å²) >= 11 is 0. The van der Waals surface area contributed by atoms with Gasteiger partial charge in [-0.25, -0.2) is 0 Å². The topological polar surface area (TPSA) is 66.7 Å². The molecule has 0 saturated carbocycles. The average Bonchev–Trinajstić information content (AvgIpc) is 3.12. The predicted molar refractivity (Wildman–Crippen MR) is 100 cm³/mol. The lowest BCUT2D eigenvalue weighted by Crippen LogP contribution is -2.44. The molecule has 4 rings (SSSR count). The highest BCUT2D eigenvalue weighted by atomic mass is 16.5. The number of hydrogen-bond donors (Lipinski definition) is 1. The number of nitrogens with one attached hydrogen (secondary N) is 1. The van der Waals surface area contributed by atoms with Gasteiger partial charge >= 0.3 is 0 Å². The summed E-state index contributed by atoms with van der Waals surface area (Å²) in [7, 11) is 0. The van der Waals surface area contributed by atoms with Gasteiger partial charge in [0.25, 0.3) is 11.8 Å². The van der Waals surface area contributed by atoms with Crippen LogP contribution in [0, 0.1) is 0 Å². The van der Waals surface area contributed by atoms with Crippen molar-refractivity contribution < 1.29 is 9.26 Å². The molecule has 26 heavy (non-hydrogen) atoms. The van der Waals surface area contributed by atoms with Crippen LogP contribution in [0.2, 0.25) is 0 Å². The summed E-state index contributed by atoms with van der Waals surface area (Å²) in [5.41, 5.74) is 2.25. The van der Waals surface area contributed by atoms with E-state index in [0.717, 1.165) is 51.4 Å². The van der Waals surface area contributed by atoms with Crippen molar-refractivity contribution in [1.29, 1.82) is 0 Å². The summed E-state index contributed by atoms with van der Waals surface area (Å²) in [6, 6.07) is 8.43. The monoisotopic (exact) mass is 357 g/mol. The molecule has 2 aliphatic heterocycles. The minimum absolute atomic E-state index is 0.292. The van der Waals surface area contributed by atoms with Crippen LogP contribution in [-0.2, 0) is 11.3 Å². The normalized spacial score (nSPS) is 24.8. The van der Waals surface area contributed by atoms with Crippen LogP contribution in [0.25, 0.3) is 11.5 Å². The number of morpholine rings is 1. The molecule has 1 aromatic carbocycles. The molecule has 2 unspecified atom stereocenters. The molecule has 1 aromatic heterocycles. The van der Waals surface area contributed by atoms with Crippen LogP contribution in [0.3, 0.4) is 0 Å². The maximum absolute atomic E-state index is 5.81. The lowest BCUT2D eigenvalue weighted by Gasteiger charge is -2.35. The van der Waals surface area contributed by atoms with Crippen molar-refractivity contribution in [2.75, 3.05) is 44.2 Å². The van der Waals surface area contributed by atoms with E-state index in [2.05, 4.69) is 63.4 Å². The number of piperazine rings is 1. The van der Waals surface area contributed by atoms with Crippen LogP contribution >= 0.6 is 0 Å². The first-order valence-electron chi connectivity index (χ1n) is 9.44. The number of nitrogens with zero attached hydrogens (tertiary/aromatic N) is 4. The van der Waals surface area contributed by atoms with Gasteiger partial charge in [-0.15, -0.1) is 0 Å². The van der Waals surface area contributed by atoms with Crippen LogP contribution in [0.5, 0.6) is 0 Å². The minimum Gasteiger partial charge on any atom is -0.373 e. The molecule has 2 aliphatic rings. The zero-order chi connectivity index (χ0) is 17.9. The lowest BCUT2D eigenvalue weighted by molar-refractivity contribution is -0.0704. The third-order valence-electron chi connectivity index (χ3n) is 4.92. The number of ether oxygens (including phenoxy) is 1. The maximum Gasteiger partial charge on any atom is 0.266 e. The van der Waals surface area contributed by atoms with Crippen LogP contribution < -0.4 is 10.2 Å². The van der Waals surface area contributed by atoms with E-state index in [-0.39, 0.29) is 0 Å². The van der Waals surface area contributed by atoms with E-state index in [4.69, 9.17) is 9.26 Å². The van der Waals surface area contributed by atoms with Crippen molar-refractivity contribution in [2.45, 2.75) is 32.6 Å². The van der Waals surface area contributed by atoms with E-state index < -0.39 is 0 Å². The van der Waals surface area contributed by atoms with Crippen molar-refractivity contribution in [1.82, 2.24) is 20.4 Å². The number of aromatic nitrogens is 2. The molecule has 0 amide bonds. The molecule has 140 valence electrons. The van der Waals surface area contributed by atoms with Gasteiger partial charge in [0, 0.05) is 51.4 Å². The lowest BCUT2D eigenvalue weighted by atomic mass is 10.1. The molecule has 2 atom stereocenters. The van der Waals surface area contributed by atoms with Crippen LogP contribution in [0.15, 0.2) is 28.8 Å². The molecule has 0 aliphatic carbocycles. The summed E-state index contributed by atoms with van der Waals surface area (Å²) < 4.78 is 11.3. The Kier molecular flexibility index (Phi) is 5.19. The fourth-order valence-electron chi connectivity index (χ4n) is 3.75. The highest BCUT2D eigenvalue weighted by Crippen LogP contribution is 2.22. The second-order valence-corrected chi connectivity index (χ2v) is 7.28. The Morgan fingerprint density at radius 1 is 1.08 bits per heavy atom. The van der Waals surface area contributed by atoms with Gasteiger partial charge in [0.15, 0.2) is 0 Å². The first kappa shape index (κ1) is 17.5. The summed E-state index contributed by atoms with van der Waals surface area (Å²) in [5.74, 6) is 1.26. The molecular weight excluding hydrogens is 330 g/mol. The van der Waals surface area contributed by atoms with Gasteiger partial charge in [-0.2, -0.15) is 4.98 Å². The molecule has 3 heterocycles. The number of rotatable bonds is 4. The molecule has 7 heteroatoms. The Morgan fingerprint density at radius 3 is 2.46 bits per heavy atom. The first-order valence-corrected chi connectivity index (χ1v) is 9.44. The molecule has 0 spiro atoms. The van der Waals surface area contributed by atoms with E-state index >= 15 is 0 Å². The van der Waals surface area contributed by atoms with E-state index in [0.29, 0.717) is 24.0 Å². The summed E-state index contributed by atoms with van der Waals surface area (Å²) in [6.45, 7) is 10.9. The summed E-state index contributed by atoms with van der Waals surface area (Å²) in [6.07, 6.45) is 0.583. The van der Waals surface area contributed by atoms with Gasteiger partial charge in [-0.05, 0) is 36.7 Å². The third-order valence-corrected chi connectivity index (χ3v) is 4.92. The average molecular weight is 357 g/mol. The Morgan fingerprint density at radius 2 is 1.77 bits per heavy atom. The maximum atomic E-state index is 5.81. The van der Waals surface area contributed by atoms with Gasteiger partial charge in [-0.3, -0.25) is 4.90 Å². The fourth-order valence-corrected chi connectivity index (χ4v) is 3.75. The van der Waals surface area contributed by atoms with Gasteiger partial charge < -0.3 is 19.5 Å². The molecule has 0 bridgehead atoms. The van der Waals surface area contributed by atoms with Crippen molar-refractivity contribution in [3.05, 3.63) is 29.8 Å². The number of anilines is 1. The van der Waals surface area contributed by atoms with Crippen molar-refractivity contribution in [2.24, 2.45) is 0 Å². The van der Waals surface area contributed by atoms with Gasteiger partial charge in [0.1, 0.15) is 0 Å². The molecule has 2 aromatic rings. The van der Waals surface area contributed by atoms with Crippen molar-refractivity contribution in [3.63, 3.8) is 0 Å². The largest absolute Gasteiger partial charge is 0.373 e. The summed E-state index contributed by atoms with van der Waals surface area (Å²) in [5, 5.41) is 7.47. The third kappa shape index (κ3) is 4.06. The van der Waals surface area contributed by atoms with Gasteiger partial charge in [-0.1, -0.05) is 12.1 Å². The molecule has 1 N–H and O–H groups in total. The predicted octanol–water partition coefficient (Wildman–Crippen LogP) is 1.76. The zero-order valence-electron chi connectivity index (χ0n) is 15.5. The standard InChI is InChI=1S/C19H27N5O2/c1-14-11-23(12-15(2)25-14)13-16-3-5-17(6-4-16)18-21-19(22-26-18)24-9-7-20-8-10-24/h3-6,14-15,20H,7-13H2,1-2H3. The minimum atomic E-state index is 0.292. The zero-order valence-corrected chi connectivity index (χ0v) is 15.5. The molecule has 7 nitrogen and oxygen atoms in total. The molecule has 2 fully saturated rings. The molecular formula is C19H27N5O2. The van der Waals surface area contributed by atoms with E-state index in [1.807, 2.05) is 0 Å². The van der Waals surface area contributed by atoms with Crippen LogP contribution in [-0.4, -0.2) is 66.5 Å². The first-order chi connectivity index (χ1) is 12.7. The Balaban J connectivity index is 1.40. The van der Waals surface area contributed by atoms with Gasteiger partial charge in [0.05, 0.1) is 12.2 Å². The Hall–Kier alpha value is -1.96. The number of benzene rings is 1. The molecule has 2 saturated heterocycles. The van der Waals surface area contributed by atoms with E-state index in [1.54, 1.807) is 0 Å². The van der Waals surface area contributed by atoms with Crippen LogP contribution in [0.1, 0.15) is 19.4 Å². The van der Waals surface area contributed by atoms with Crippen molar-refractivity contribution in [3.8, 4) is 11.5 Å². The second kappa shape index (κ2) is 7.73. The Bertz CT molecular complexity index is 701. The van der Waals surface area contributed by atoms with Gasteiger partial charge in [0.2, 0.25) is 0 Å². The second-order valence-electron chi connectivity index (χ2n) is 7.28. The smallest absolute Gasteiger partial charge is 0.266 e. The quantitative estimate of drug-likeness (QED) is 0.894. The molecule has 0 radical (unpaired) electrons. The van der Waals surface area contributed by atoms with E-state index in [9.17, 15) is 0 Å². The number of hydrogen-bond acceptors (Lipinski definition) is 7. The Labute approximate surface area is 154 Å². The highest BCUT2D eigenvalue weighted by molar-refractivity contribution is 5.55. The SMILES string of the molecule is CC1CN(Cc2ccc(-c3nc(N4CCNCC4)no3)cc2)CC(C)O1. The fraction of sp³-hybridized carbons (Fsp3) is 0.579. The highest BCUT2D eigenvalue weighted by Gasteiger charge is 2.22. The van der Waals surface area contributed by atoms with Crippen LogP contribution in [0.4, 0.5) is 5.95 Å². The van der Waals surface area contributed by atoms with Crippen molar-refractivity contribution >= 4 is 5.95 Å². The summed E-state index contributed by atoms with van der Waals surface area (Å²) in [4.78, 5) is 9.16. The van der Waals surface area contributed by atoms with E-state index in [1.165, 1.54) is 5.56 Å².